The van der Waals surface area contributed by atoms with E-state index in [1.54, 1.807) is 0 Å². The zero-order chi connectivity index (χ0) is 15.0. The molecule has 0 aromatic heterocycles. The molecule has 6 nitrogen and oxygen atoms in total. The first-order valence-electron chi connectivity index (χ1n) is 6.63. The summed E-state index contributed by atoms with van der Waals surface area (Å²) < 4.78 is 23.8. The first-order chi connectivity index (χ1) is 10.0. The van der Waals surface area contributed by atoms with E-state index in [9.17, 15) is 14.0 Å². The second-order valence-corrected chi connectivity index (χ2v) is 5.04. The molecule has 1 amide bonds. The monoisotopic (exact) mass is 295 g/mol. The molecule has 1 aromatic rings. The number of ether oxygens (including phenoxy) is 2. The molecule has 1 aromatic carbocycles. The highest BCUT2D eigenvalue weighted by Crippen LogP contribution is 2.30. The van der Waals surface area contributed by atoms with Gasteiger partial charge in [0.05, 0.1) is 13.2 Å². The van der Waals surface area contributed by atoms with E-state index in [4.69, 9.17) is 14.6 Å². The van der Waals surface area contributed by atoms with E-state index in [-0.39, 0.29) is 24.9 Å². The van der Waals surface area contributed by atoms with Gasteiger partial charge in [0.25, 0.3) is 5.91 Å². The Kier molecular flexibility index (Phi) is 3.50. The van der Waals surface area contributed by atoms with Gasteiger partial charge in [-0.05, 0) is 18.2 Å². The summed E-state index contributed by atoms with van der Waals surface area (Å²) in [4.78, 5) is 24.7. The van der Waals surface area contributed by atoms with Crippen molar-refractivity contribution in [3.05, 3.63) is 29.6 Å². The second kappa shape index (κ2) is 5.33. The van der Waals surface area contributed by atoms with Gasteiger partial charge in [-0.3, -0.25) is 4.79 Å². The van der Waals surface area contributed by atoms with E-state index in [1.807, 2.05) is 0 Å². The minimum atomic E-state index is -1.09. The molecule has 3 rings (SSSR count). The normalized spacial score (nSPS) is 24.3. The van der Waals surface area contributed by atoms with E-state index in [1.165, 1.54) is 23.1 Å². The fraction of sp³-hybridized carbons (Fsp3) is 0.429. The number of carboxylic acids is 1. The fourth-order valence-electron chi connectivity index (χ4n) is 2.56. The van der Waals surface area contributed by atoms with Crippen LogP contribution in [0.4, 0.5) is 4.39 Å². The lowest BCUT2D eigenvalue weighted by Gasteiger charge is -2.32. The van der Waals surface area contributed by atoms with Gasteiger partial charge in [-0.25, -0.2) is 9.18 Å². The van der Waals surface area contributed by atoms with Crippen molar-refractivity contribution >= 4 is 11.9 Å². The molecule has 112 valence electrons. The molecule has 1 fully saturated rings. The third-order valence-corrected chi connectivity index (χ3v) is 3.63. The number of carbonyl (C=O) groups excluding carboxylic acids is 1. The maximum atomic E-state index is 13.2. The van der Waals surface area contributed by atoms with E-state index >= 15 is 0 Å². The maximum absolute atomic E-state index is 13.2. The number of amides is 1. The van der Waals surface area contributed by atoms with Gasteiger partial charge in [0, 0.05) is 18.5 Å². The van der Waals surface area contributed by atoms with Gasteiger partial charge < -0.3 is 19.5 Å². The molecule has 2 aliphatic heterocycles. The molecule has 0 bridgehead atoms. The van der Waals surface area contributed by atoms with Crippen LogP contribution in [0.1, 0.15) is 5.56 Å². The highest BCUT2D eigenvalue weighted by Gasteiger charge is 2.36. The minimum Gasteiger partial charge on any atom is -0.480 e. The number of carboxylic acid groups (broad SMARTS) is 1. The number of rotatable bonds is 2. The van der Waals surface area contributed by atoms with Gasteiger partial charge >= 0.3 is 5.97 Å². The lowest BCUT2D eigenvalue weighted by atomic mass is 10.1. The number of halogens is 1. The largest absolute Gasteiger partial charge is 0.480 e. The molecule has 0 spiro atoms. The molecule has 7 heteroatoms. The van der Waals surface area contributed by atoms with E-state index in [0.717, 1.165) is 0 Å². The SMILES string of the molecule is O=C(O)C1CN(C(=O)C2Cc3cc(F)ccc3O2)CCO1. The summed E-state index contributed by atoms with van der Waals surface area (Å²) in [7, 11) is 0. The van der Waals surface area contributed by atoms with Gasteiger partial charge in [-0.2, -0.15) is 0 Å². The Bertz CT molecular complexity index is 591. The van der Waals surface area contributed by atoms with Crippen molar-refractivity contribution in [2.75, 3.05) is 19.7 Å². The number of benzene rings is 1. The molecule has 2 aliphatic rings. The number of fused-ring (bicyclic) bond motifs is 1. The molecule has 2 heterocycles. The molecule has 2 atom stereocenters. The van der Waals surface area contributed by atoms with Crippen LogP contribution in [0.2, 0.25) is 0 Å². The van der Waals surface area contributed by atoms with Crippen LogP contribution in [0.3, 0.4) is 0 Å². The molecule has 0 saturated carbocycles. The van der Waals surface area contributed by atoms with Crippen LogP contribution < -0.4 is 4.74 Å². The van der Waals surface area contributed by atoms with Crippen molar-refractivity contribution in [2.45, 2.75) is 18.6 Å². The predicted octanol–water partition coefficient (Wildman–Crippen LogP) is 0.441. The van der Waals surface area contributed by atoms with Crippen LogP contribution >= 0.6 is 0 Å². The maximum Gasteiger partial charge on any atom is 0.334 e. The van der Waals surface area contributed by atoms with Crippen LogP contribution in [-0.2, 0) is 20.7 Å². The molecule has 2 unspecified atom stereocenters. The quantitative estimate of drug-likeness (QED) is 0.857. The van der Waals surface area contributed by atoms with Crippen molar-refractivity contribution in [3.63, 3.8) is 0 Å². The third-order valence-electron chi connectivity index (χ3n) is 3.63. The first-order valence-corrected chi connectivity index (χ1v) is 6.63. The highest BCUT2D eigenvalue weighted by atomic mass is 19.1. The number of nitrogens with zero attached hydrogens (tertiary/aromatic N) is 1. The Balaban J connectivity index is 1.68. The Morgan fingerprint density at radius 2 is 2.14 bits per heavy atom. The van der Waals surface area contributed by atoms with Gasteiger partial charge in [-0.15, -0.1) is 0 Å². The zero-order valence-corrected chi connectivity index (χ0v) is 11.1. The molecular formula is C14H14FNO5. The van der Waals surface area contributed by atoms with Gasteiger partial charge in [0.2, 0.25) is 0 Å². The second-order valence-electron chi connectivity index (χ2n) is 5.04. The molecule has 0 radical (unpaired) electrons. The number of morpholine rings is 1. The van der Waals surface area contributed by atoms with Crippen LogP contribution in [0.5, 0.6) is 5.75 Å². The molecule has 21 heavy (non-hydrogen) atoms. The van der Waals surface area contributed by atoms with Crippen molar-refractivity contribution < 1.29 is 28.6 Å². The standard InChI is InChI=1S/C14H14FNO5/c15-9-1-2-10-8(5-9)6-11(21-10)13(17)16-3-4-20-12(7-16)14(18)19/h1-2,5,11-12H,3-4,6-7H2,(H,18,19). The molecule has 0 aliphatic carbocycles. The summed E-state index contributed by atoms with van der Waals surface area (Å²) in [5.41, 5.74) is 0.649. The summed E-state index contributed by atoms with van der Waals surface area (Å²) >= 11 is 0. The van der Waals surface area contributed by atoms with Crippen molar-refractivity contribution in [1.82, 2.24) is 4.90 Å². The number of carbonyl (C=O) groups is 2. The lowest BCUT2D eigenvalue weighted by molar-refractivity contribution is -0.161. The van der Waals surface area contributed by atoms with Crippen LogP contribution in [0.15, 0.2) is 18.2 Å². The summed E-state index contributed by atoms with van der Waals surface area (Å²) in [6, 6.07) is 4.13. The zero-order valence-electron chi connectivity index (χ0n) is 11.1. The van der Waals surface area contributed by atoms with Crippen molar-refractivity contribution in [3.8, 4) is 5.75 Å². The van der Waals surface area contributed by atoms with Gasteiger partial charge in [0.15, 0.2) is 12.2 Å². The van der Waals surface area contributed by atoms with Crippen LogP contribution in [-0.4, -0.2) is 53.8 Å². The predicted molar refractivity (Wildman–Crippen MR) is 68.5 cm³/mol. The molecular weight excluding hydrogens is 281 g/mol. The van der Waals surface area contributed by atoms with E-state index < -0.39 is 18.2 Å². The Morgan fingerprint density at radius 3 is 2.90 bits per heavy atom. The number of aliphatic carboxylic acids is 1. The third kappa shape index (κ3) is 2.69. The Morgan fingerprint density at radius 1 is 1.33 bits per heavy atom. The Hall–Kier alpha value is -2.15. The van der Waals surface area contributed by atoms with E-state index in [0.29, 0.717) is 24.3 Å². The first kappa shape index (κ1) is 13.8. The number of hydrogen-bond acceptors (Lipinski definition) is 4. The topological polar surface area (TPSA) is 76.1 Å². The molecule has 1 saturated heterocycles. The average molecular weight is 295 g/mol. The fourth-order valence-corrected chi connectivity index (χ4v) is 2.56. The average Bonchev–Trinajstić information content (AvgIpc) is 2.89. The summed E-state index contributed by atoms with van der Waals surface area (Å²) in [5.74, 6) is -1.26. The highest BCUT2D eigenvalue weighted by molar-refractivity contribution is 5.83. The van der Waals surface area contributed by atoms with Crippen LogP contribution in [0.25, 0.3) is 0 Å². The smallest absolute Gasteiger partial charge is 0.334 e. The lowest BCUT2D eigenvalue weighted by Crippen LogP contribution is -2.52. The van der Waals surface area contributed by atoms with Gasteiger partial charge in [0.1, 0.15) is 11.6 Å². The summed E-state index contributed by atoms with van der Waals surface area (Å²) in [6.07, 6.45) is -1.45. The van der Waals surface area contributed by atoms with Crippen molar-refractivity contribution in [2.24, 2.45) is 0 Å². The molecule has 1 N–H and O–H groups in total. The minimum absolute atomic E-state index is 0.00126. The van der Waals surface area contributed by atoms with Crippen molar-refractivity contribution in [1.29, 1.82) is 0 Å². The van der Waals surface area contributed by atoms with E-state index in [2.05, 4.69) is 0 Å². The summed E-state index contributed by atoms with van der Waals surface area (Å²) in [6.45, 7) is 0.503. The summed E-state index contributed by atoms with van der Waals surface area (Å²) in [5, 5.41) is 8.94. The van der Waals surface area contributed by atoms with Gasteiger partial charge in [-0.1, -0.05) is 0 Å². The van der Waals surface area contributed by atoms with Crippen LogP contribution in [0, 0.1) is 5.82 Å². The number of hydrogen-bond donors (Lipinski definition) is 1. The Labute approximate surface area is 120 Å².